The van der Waals surface area contributed by atoms with Crippen LogP contribution in [0.4, 0.5) is 10.1 Å². The standard InChI is InChI=1S/C22H16FNO4S/c1-28-22(25)18-7-2-5-16(13-18)11-12-17-6-3-9-20(14-17)24-29(26,27)21-10-4-8-19(23)15-21/h2-10,13-15,24H,1H3. The minimum absolute atomic E-state index is 0.173. The van der Waals surface area contributed by atoms with Gasteiger partial charge in [0, 0.05) is 11.1 Å². The summed E-state index contributed by atoms with van der Waals surface area (Å²) < 4.78 is 45.2. The fraction of sp³-hybridized carbons (Fsp3) is 0.0455. The molecule has 0 heterocycles. The summed E-state index contributed by atoms with van der Waals surface area (Å²) in [5.41, 5.74) is 1.85. The molecule has 29 heavy (non-hydrogen) atoms. The van der Waals surface area contributed by atoms with E-state index in [1.54, 1.807) is 48.5 Å². The third kappa shape index (κ3) is 5.21. The molecule has 0 spiro atoms. The van der Waals surface area contributed by atoms with Gasteiger partial charge in [0.15, 0.2) is 0 Å². The number of benzene rings is 3. The summed E-state index contributed by atoms with van der Waals surface area (Å²) in [7, 11) is -2.62. The van der Waals surface area contributed by atoms with Gasteiger partial charge < -0.3 is 4.74 Å². The number of nitrogens with one attached hydrogen (secondary N) is 1. The summed E-state index contributed by atoms with van der Waals surface area (Å²) in [5.74, 6) is 4.75. The van der Waals surface area contributed by atoms with Crippen molar-refractivity contribution in [3.63, 3.8) is 0 Å². The predicted molar refractivity (Wildman–Crippen MR) is 107 cm³/mol. The van der Waals surface area contributed by atoms with Crippen LogP contribution in [0.5, 0.6) is 0 Å². The molecule has 0 aliphatic heterocycles. The Bertz CT molecular complexity index is 1230. The number of esters is 1. The summed E-state index contributed by atoms with van der Waals surface area (Å²) in [6.07, 6.45) is 0. The molecule has 0 saturated heterocycles. The summed E-state index contributed by atoms with van der Waals surface area (Å²) in [6, 6.07) is 17.9. The maximum absolute atomic E-state index is 13.3. The highest BCUT2D eigenvalue weighted by Gasteiger charge is 2.14. The second-order valence-electron chi connectivity index (χ2n) is 5.97. The van der Waals surface area contributed by atoms with Crippen molar-refractivity contribution in [2.45, 2.75) is 4.90 Å². The number of methoxy groups -OCH3 is 1. The zero-order valence-electron chi connectivity index (χ0n) is 15.3. The quantitative estimate of drug-likeness (QED) is 0.525. The smallest absolute Gasteiger partial charge is 0.337 e. The van der Waals surface area contributed by atoms with Crippen LogP contribution in [0.2, 0.25) is 0 Å². The second-order valence-corrected chi connectivity index (χ2v) is 7.65. The normalized spacial score (nSPS) is 10.6. The number of halogens is 1. The van der Waals surface area contributed by atoms with E-state index in [-0.39, 0.29) is 4.90 Å². The number of carbonyl (C=O) groups is 1. The van der Waals surface area contributed by atoms with Crippen LogP contribution >= 0.6 is 0 Å². The predicted octanol–water partition coefficient (Wildman–Crippen LogP) is 3.81. The Morgan fingerprint density at radius 1 is 0.931 bits per heavy atom. The first-order valence-corrected chi connectivity index (χ1v) is 9.94. The van der Waals surface area contributed by atoms with Crippen molar-refractivity contribution >= 4 is 21.7 Å². The van der Waals surface area contributed by atoms with Crippen LogP contribution in [0, 0.1) is 17.7 Å². The molecule has 7 heteroatoms. The molecule has 3 rings (SSSR count). The van der Waals surface area contributed by atoms with Gasteiger partial charge in [0.05, 0.1) is 23.3 Å². The van der Waals surface area contributed by atoms with E-state index in [1.165, 1.54) is 25.3 Å². The Morgan fingerprint density at radius 3 is 2.28 bits per heavy atom. The van der Waals surface area contributed by atoms with Gasteiger partial charge in [-0.1, -0.05) is 30.0 Å². The van der Waals surface area contributed by atoms with Gasteiger partial charge in [-0.05, 0) is 54.6 Å². The van der Waals surface area contributed by atoms with E-state index >= 15 is 0 Å². The van der Waals surface area contributed by atoms with Gasteiger partial charge in [0.25, 0.3) is 10.0 Å². The van der Waals surface area contributed by atoms with Gasteiger partial charge in [-0.2, -0.15) is 0 Å². The number of carbonyl (C=O) groups excluding carboxylic acids is 1. The molecule has 5 nitrogen and oxygen atoms in total. The first-order chi connectivity index (χ1) is 13.9. The maximum Gasteiger partial charge on any atom is 0.337 e. The van der Waals surface area contributed by atoms with Gasteiger partial charge in [-0.25, -0.2) is 17.6 Å². The zero-order chi connectivity index (χ0) is 20.9. The molecular formula is C22H16FNO4S. The highest BCUT2D eigenvalue weighted by Crippen LogP contribution is 2.18. The average molecular weight is 409 g/mol. The third-order valence-corrected chi connectivity index (χ3v) is 5.23. The molecule has 0 unspecified atom stereocenters. The third-order valence-electron chi connectivity index (χ3n) is 3.86. The molecule has 0 aromatic heterocycles. The van der Waals surface area contributed by atoms with E-state index < -0.39 is 21.8 Å². The van der Waals surface area contributed by atoms with Crippen molar-refractivity contribution < 1.29 is 22.3 Å². The molecule has 0 aliphatic carbocycles. The van der Waals surface area contributed by atoms with Gasteiger partial charge in [-0.3, -0.25) is 4.72 Å². The summed E-state index contributed by atoms with van der Waals surface area (Å²) in [4.78, 5) is 11.4. The van der Waals surface area contributed by atoms with Crippen LogP contribution in [0.25, 0.3) is 0 Å². The number of rotatable bonds is 4. The number of hydrogen-bond acceptors (Lipinski definition) is 4. The Morgan fingerprint density at radius 2 is 1.59 bits per heavy atom. The number of sulfonamides is 1. The van der Waals surface area contributed by atoms with Crippen molar-refractivity contribution in [2.75, 3.05) is 11.8 Å². The van der Waals surface area contributed by atoms with Crippen molar-refractivity contribution in [1.82, 2.24) is 0 Å². The second kappa shape index (κ2) is 8.59. The van der Waals surface area contributed by atoms with Crippen molar-refractivity contribution in [3.8, 4) is 11.8 Å². The van der Waals surface area contributed by atoms with Crippen LogP contribution < -0.4 is 4.72 Å². The lowest BCUT2D eigenvalue weighted by molar-refractivity contribution is 0.0600. The van der Waals surface area contributed by atoms with Crippen LogP contribution in [0.15, 0.2) is 77.7 Å². The van der Waals surface area contributed by atoms with Gasteiger partial charge >= 0.3 is 5.97 Å². The summed E-state index contributed by atoms with van der Waals surface area (Å²) in [5, 5.41) is 0. The Balaban J connectivity index is 1.83. The van der Waals surface area contributed by atoms with Crippen molar-refractivity contribution in [1.29, 1.82) is 0 Å². The van der Waals surface area contributed by atoms with Crippen LogP contribution in [-0.4, -0.2) is 21.5 Å². The minimum atomic E-state index is -3.93. The molecule has 3 aromatic carbocycles. The molecule has 3 aromatic rings. The lowest BCUT2D eigenvalue weighted by Crippen LogP contribution is -2.13. The molecule has 0 amide bonds. The van der Waals surface area contributed by atoms with E-state index in [0.717, 1.165) is 6.07 Å². The van der Waals surface area contributed by atoms with Crippen molar-refractivity contribution in [2.24, 2.45) is 0 Å². The largest absolute Gasteiger partial charge is 0.465 e. The average Bonchev–Trinajstić information content (AvgIpc) is 2.72. The molecule has 0 fully saturated rings. The van der Waals surface area contributed by atoms with E-state index in [2.05, 4.69) is 21.3 Å². The summed E-state index contributed by atoms with van der Waals surface area (Å²) >= 11 is 0. The maximum atomic E-state index is 13.3. The Labute approximate surface area is 168 Å². The van der Waals surface area contributed by atoms with E-state index in [4.69, 9.17) is 0 Å². The molecule has 0 aliphatic rings. The Kier molecular flexibility index (Phi) is 5.96. The topological polar surface area (TPSA) is 72.5 Å². The van der Waals surface area contributed by atoms with Crippen molar-refractivity contribution in [3.05, 3.63) is 95.3 Å². The molecule has 146 valence electrons. The van der Waals surface area contributed by atoms with Gasteiger partial charge in [-0.15, -0.1) is 0 Å². The first kappa shape index (κ1) is 20.1. The van der Waals surface area contributed by atoms with Gasteiger partial charge in [0.1, 0.15) is 5.82 Å². The molecular weight excluding hydrogens is 393 g/mol. The van der Waals surface area contributed by atoms with Gasteiger partial charge in [0.2, 0.25) is 0 Å². The van der Waals surface area contributed by atoms with E-state index in [9.17, 15) is 17.6 Å². The fourth-order valence-corrected chi connectivity index (χ4v) is 3.58. The molecule has 0 saturated carbocycles. The van der Waals surface area contributed by atoms with E-state index in [1.807, 2.05) is 0 Å². The fourth-order valence-electron chi connectivity index (χ4n) is 2.49. The molecule has 0 radical (unpaired) electrons. The van der Waals surface area contributed by atoms with Crippen LogP contribution in [0.3, 0.4) is 0 Å². The lowest BCUT2D eigenvalue weighted by Gasteiger charge is -2.08. The zero-order valence-corrected chi connectivity index (χ0v) is 16.2. The molecule has 0 bridgehead atoms. The molecule has 1 N–H and O–H groups in total. The number of hydrogen-bond donors (Lipinski definition) is 1. The monoisotopic (exact) mass is 409 g/mol. The number of anilines is 1. The highest BCUT2D eigenvalue weighted by molar-refractivity contribution is 7.92. The van der Waals surface area contributed by atoms with Crippen LogP contribution in [-0.2, 0) is 14.8 Å². The minimum Gasteiger partial charge on any atom is -0.465 e. The first-order valence-electron chi connectivity index (χ1n) is 8.46. The Hall–Kier alpha value is -3.63. The molecule has 0 atom stereocenters. The SMILES string of the molecule is COC(=O)c1cccc(C#Cc2cccc(NS(=O)(=O)c3cccc(F)c3)c2)c1. The highest BCUT2D eigenvalue weighted by atomic mass is 32.2. The number of ether oxygens (including phenoxy) is 1. The van der Waals surface area contributed by atoms with E-state index in [0.29, 0.717) is 22.4 Å². The lowest BCUT2D eigenvalue weighted by atomic mass is 10.1. The summed E-state index contributed by atoms with van der Waals surface area (Å²) in [6.45, 7) is 0. The van der Waals surface area contributed by atoms with Crippen LogP contribution in [0.1, 0.15) is 21.5 Å².